The minimum absolute atomic E-state index is 0.0442. The third kappa shape index (κ3) is 4.35. The van der Waals surface area contributed by atoms with E-state index in [4.69, 9.17) is 10.5 Å². The van der Waals surface area contributed by atoms with Crippen molar-refractivity contribution in [2.45, 2.75) is 44.2 Å². The molecule has 1 aromatic carbocycles. The van der Waals surface area contributed by atoms with Crippen LogP contribution in [-0.2, 0) is 14.6 Å². The predicted octanol–water partition coefficient (Wildman–Crippen LogP) is 1.12. The predicted molar refractivity (Wildman–Crippen MR) is 96.6 cm³/mol. The molecule has 0 radical (unpaired) electrons. The molecule has 1 atom stereocenters. The fourth-order valence-corrected chi connectivity index (χ4v) is 5.53. The molecule has 2 fully saturated rings. The summed E-state index contributed by atoms with van der Waals surface area (Å²) < 4.78 is 29.2. The first kappa shape index (κ1) is 18.7. The molecule has 1 heterocycles. The number of hydrogen-bond acceptors (Lipinski definition) is 5. The Kier molecular flexibility index (Phi) is 5.50. The lowest BCUT2D eigenvalue weighted by Crippen LogP contribution is -2.48. The Labute approximate surface area is 153 Å². The van der Waals surface area contributed by atoms with E-state index in [0.717, 1.165) is 25.7 Å². The van der Waals surface area contributed by atoms with Crippen molar-refractivity contribution >= 4 is 21.7 Å². The first-order valence-corrected chi connectivity index (χ1v) is 10.7. The van der Waals surface area contributed by atoms with Crippen LogP contribution in [0.2, 0.25) is 0 Å². The Morgan fingerprint density at radius 1 is 1.08 bits per heavy atom. The summed E-state index contributed by atoms with van der Waals surface area (Å²) in [6, 6.07) is 6.11. The highest BCUT2D eigenvalue weighted by Gasteiger charge is 2.39. The Morgan fingerprint density at radius 2 is 1.73 bits per heavy atom. The molecule has 2 aliphatic rings. The van der Waals surface area contributed by atoms with E-state index in [2.05, 4.69) is 0 Å². The van der Waals surface area contributed by atoms with E-state index in [0.29, 0.717) is 17.7 Å². The van der Waals surface area contributed by atoms with Crippen molar-refractivity contribution < 1.29 is 22.7 Å². The maximum atomic E-state index is 12.8. The molecular formula is C18H24N2O5S. The van der Waals surface area contributed by atoms with Crippen molar-refractivity contribution in [1.29, 1.82) is 0 Å². The topological polar surface area (TPSA) is 107 Å². The Balaban J connectivity index is 1.66. The van der Waals surface area contributed by atoms with Gasteiger partial charge >= 0.3 is 0 Å². The van der Waals surface area contributed by atoms with Gasteiger partial charge in [-0.25, -0.2) is 8.42 Å². The standard InChI is InChI=1S/C18H24N2O5S/c19-18(22)13-5-7-16(8-6-13)25-11-17(21)20(14-3-1-2-4-14)15-9-10-26(23,24)12-15/h5-8,14-15H,1-4,9-12H2,(H2,19,22)/t15-/m0/s1. The number of hydrogen-bond donors (Lipinski definition) is 1. The molecule has 1 saturated carbocycles. The van der Waals surface area contributed by atoms with Gasteiger partial charge in [0.05, 0.1) is 11.5 Å². The van der Waals surface area contributed by atoms with E-state index in [1.807, 2.05) is 0 Å². The summed E-state index contributed by atoms with van der Waals surface area (Å²) in [5, 5.41) is 0. The summed E-state index contributed by atoms with van der Waals surface area (Å²) in [5.41, 5.74) is 5.57. The zero-order chi connectivity index (χ0) is 18.7. The minimum Gasteiger partial charge on any atom is -0.484 e. The molecule has 1 aliphatic heterocycles. The van der Waals surface area contributed by atoms with Gasteiger partial charge in [0, 0.05) is 17.6 Å². The molecule has 0 aromatic heterocycles. The molecule has 2 N–H and O–H groups in total. The molecule has 0 bridgehead atoms. The van der Waals surface area contributed by atoms with Gasteiger partial charge in [0.15, 0.2) is 16.4 Å². The van der Waals surface area contributed by atoms with E-state index in [1.54, 1.807) is 29.2 Å². The molecule has 7 nitrogen and oxygen atoms in total. The van der Waals surface area contributed by atoms with Crippen LogP contribution in [-0.4, -0.2) is 55.3 Å². The average molecular weight is 380 g/mol. The summed E-state index contributed by atoms with van der Waals surface area (Å²) in [4.78, 5) is 25.7. The third-order valence-electron chi connectivity index (χ3n) is 5.11. The second kappa shape index (κ2) is 7.65. The van der Waals surface area contributed by atoms with Gasteiger partial charge in [-0.05, 0) is 43.5 Å². The number of benzene rings is 1. The van der Waals surface area contributed by atoms with Gasteiger partial charge in [-0.15, -0.1) is 0 Å². The lowest BCUT2D eigenvalue weighted by molar-refractivity contribution is -0.137. The Bertz CT molecular complexity index is 769. The molecule has 1 saturated heterocycles. The summed E-state index contributed by atoms with van der Waals surface area (Å²) in [5.74, 6) is -0.0548. The van der Waals surface area contributed by atoms with Crippen molar-refractivity contribution in [3.8, 4) is 5.75 Å². The zero-order valence-corrected chi connectivity index (χ0v) is 15.4. The zero-order valence-electron chi connectivity index (χ0n) is 14.6. The van der Waals surface area contributed by atoms with Gasteiger partial charge < -0.3 is 15.4 Å². The maximum Gasteiger partial charge on any atom is 0.261 e. The number of carbonyl (C=O) groups is 2. The third-order valence-corrected chi connectivity index (χ3v) is 6.86. The highest BCUT2D eigenvalue weighted by molar-refractivity contribution is 7.91. The normalized spacial score (nSPS) is 22.2. The fraction of sp³-hybridized carbons (Fsp3) is 0.556. The minimum atomic E-state index is -3.06. The number of amides is 2. The molecular weight excluding hydrogens is 356 g/mol. The van der Waals surface area contributed by atoms with Gasteiger partial charge in [-0.2, -0.15) is 0 Å². The van der Waals surface area contributed by atoms with E-state index in [-0.39, 0.29) is 36.1 Å². The van der Waals surface area contributed by atoms with Crippen LogP contribution in [0.25, 0.3) is 0 Å². The van der Waals surface area contributed by atoms with Gasteiger partial charge in [0.2, 0.25) is 5.91 Å². The van der Waals surface area contributed by atoms with Crippen LogP contribution in [0.15, 0.2) is 24.3 Å². The molecule has 2 amide bonds. The summed E-state index contributed by atoms with van der Waals surface area (Å²) >= 11 is 0. The quantitative estimate of drug-likeness (QED) is 0.796. The van der Waals surface area contributed by atoms with Gasteiger partial charge in [-0.3, -0.25) is 9.59 Å². The summed E-state index contributed by atoms with van der Waals surface area (Å²) in [6.07, 6.45) is 4.44. The fourth-order valence-electron chi connectivity index (χ4n) is 3.82. The van der Waals surface area contributed by atoms with Crippen LogP contribution in [0.1, 0.15) is 42.5 Å². The van der Waals surface area contributed by atoms with Gasteiger partial charge in [-0.1, -0.05) is 12.8 Å². The van der Waals surface area contributed by atoms with E-state index in [1.165, 1.54) is 0 Å². The lowest BCUT2D eigenvalue weighted by atomic mass is 10.1. The van der Waals surface area contributed by atoms with E-state index in [9.17, 15) is 18.0 Å². The number of nitrogens with two attached hydrogens (primary N) is 1. The van der Waals surface area contributed by atoms with E-state index >= 15 is 0 Å². The smallest absolute Gasteiger partial charge is 0.261 e. The van der Waals surface area contributed by atoms with Crippen LogP contribution in [0.4, 0.5) is 0 Å². The van der Waals surface area contributed by atoms with Crippen LogP contribution in [0, 0.1) is 0 Å². The Hall–Kier alpha value is -2.09. The van der Waals surface area contributed by atoms with Crippen LogP contribution >= 0.6 is 0 Å². The van der Waals surface area contributed by atoms with E-state index < -0.39 is 15.7 Å². The molecule has 1 aromatic rings. The average Bonchev–Trinajstić information content (AvgIpc) is 3.24. The number of primary amides is 1. The molecule has 142 valence electrons. The molecule has 26 heavy (non-hydrogen) atoms. The molecule has 0 unspecified atom stereocenters. The highest BCUT2D eigenvalue weighted by Crippen LogP contribution is 2.29. The number of nitrogens with zero attached hydrogens (tertiary/aromatic N) is 1. The first-order chi connectivity index (χ1) is 12.4. The van der Waals surface area contributed by atoms with Crippen molar-refractivity contribution in [2.75, 3.05) is 18.1 Å². The van der Waals surface area contributed by atoms with Crippen molar-refractivity contribution in [3.63, 3.8) is 0 Å². The first-order valence-electron chi connectivity index (χ1n) is 8.90. The van der Waals surface area contributed by atoms with Crippen molar-refractivity contribution in [2.24, 2.45) is 5.73 Å². The Morgan fingerprint density at radius 3 is 2.27 bits per heavy atom. The number of carbonyl (C=O) groups excluding carboxylic acids is 2. The number of sulfone groups is 1. The molecule has 1 aliphatic carbocycles. The number of rotatable bonds is 6. The SMILES string of the molecule is NC(=O)c1ccc(OCC(=O)N(C2CCCC2)[C@H]2CCS(=O)(=O)C2)cc1. The largest absolute Gasteiger partial charge is 0.484 e. The molecule has 3 rings (SSSR count). The van der Waals surface area contributed by atoms with Crippen LogP contribution < -0.4 is 10.5 Å². The second-order valence-electron chi connectivity index (χ2n) is 6.97. The van der Waals surface area contributed by atoms with Gasteiger partial charge in [0.25, 0.3) is 5.91 Å². The van der Waals surface area contributed by atoms with Crippen molar-refractivity contribution in [3.05, 3.63) is 29.8 Å². The molecule has 8 heteroatoms. The molecule has 0 spiro atoms. The van der Waals surface area contributed by atoms with Crippen LogP contribution in [0.5, 0.6) is 5.75 Å². The highest BCUT2D eigenvalue weighted by atomic mass is 32.2. The maximum absolute atomic E-state index is 12.8. The second-order valence-corrected chi connectivity index (χ2v) is 9.20. The van der Waals surface area contributed by atoms with Crippen LogP contribution in [0.3, 0.4) is 0 Å². The summed E-state index contributed by atoms with van der Waals surface area (Å²) in [6.45, 7) is -0.150. The van der Waals surface area contributed by atoms with Gasteiger partial charge in [0.1, 0.15) is 5.75 Å². The lowest BCUT2D eigenvalue weighted by Gasteiger charge is -2.34. The van der Waals surface area contributed by atoms with Crippen molar-refractivity contribution in [1.82, 2.24) is 4.90 Å². The monoisotopic (exact) mass is 380 g/mol. The summed E-state index contributed by atoms with van der Waals surface area (Å²) in [7, 11) is -3.06. The number of ether oxygens (including phenoxy) is 1.